The smallest absolute Gasteiger partial charge is 0.315 e. The van der Waals surface area contributed by atoms with E-state index in [4.69, 9.17) is 9.47 Å². The van der Waals surface area contributed by atoms with Gasteiger partial charge in [-0.3, -0.25) is 4.90 Å². The van der Waals surface area contributed by atoms with Gasteiger partial charge in [-0.1, -0.05) is 97.1 Å². The van der Waals surface area contributed by atoms with E-state index in [0.29, 0.717) is 26.1 Å². The molecule has 46 heavy (non-hydrogen) atoms. The first-order valence-electron chi connectivity index (χ1n) is 16.0. The van der Waals surface area contributed by atoms with Gasteiger partial charge in [0, 0.05) is 37.7 Å². The summed E-state index contributed by atoms with van der Waals surface area (Å²) in [5.41, 5.74) is 6.81. The van der Waals surface area contributed by atoms with Crippen LogP contribution in [0.3, 0.4) is 0 Å². The van der Waals surface area contributed by atoms with Crippen molar-refractivity contribution in [3.8, 4) is 11.1 Å². The molecule has 8 heteroatoms. The summed E-state index contributed by atoms with van der Waals surface area (Å²) >= 11 is 0. The molecule has 0 aliphatic carbocycles. The van der Waals surface area contributed by atoms with Crippen molar-refractivity contribution in [1.29, 1.82) is 0 Å². The highest BCUT2D eigenvalue weighted by Crippen LogP contribution is 2.39. The van der Waals surface area contributed by atoms with Gasteiger partial charge >= 0.3 is 6.03 Å². The number of aliphatic hydroxyl groups excluding tert-OH is 2. The van der Waals surface area contributed by atoms with Crippen LogP contribution < -0.4 is 10.6 Å². The molecule has 0 saturated carbocycles. The van der Waals surface area contributed by atoms with Crippen LogP contribution in [0.15, 0.2) is 103 Å². The van der Waals surface area contributed by atoms with E-state index in [-0.39, 0.29) is 30.9 Å². The summed E-state index contributed by atoms with van der Waals surface area (Å²) in [6.45, 7) is 5.55. The van der Waals surface area contributed by atoms with Crippen LogP contribution in [-0.4, -0.2) is 53.4 Å². The molecule has 2 amide bonds. The number of aliphatic hydroxyl groups is 2. The summed E-state index contributed by atoms with van der Waals surface area (Å²) in [6, 6.07) is 33.7. The van der Waals surface area contributed by atoms with E-state index in [2.05, 4.69) is 39.8 Å². The Morgan fingerprint density at radius 2 is 1.59 bits per heavy atom. The van der Waals surface area contributed by atoms with Crippen molar-refractivity contribution in [2.45, 2.75) is 64.1 Å². The van der Waals surface area contributed by atoms with E-state index in [1.807, 2.05) is 99.8 Å². The summed E-state index contributed by atoms with van der Waals surface area (Å²) in [4.78, 5) is 14.0. The summed E-state index contributed by atoms with van der Waals surface area (Å²) in [5, 5.41) is 26.2. The molecule has 5 atom stereocenters. The van der Waals surface area contributed by atoms with Crippen LogP contribution in [0, 0.1) is 0 Å². The lowest BCUT2D eigenvalue weighted by Gasteiger charge is -2.39. The van der Waals surface area contributed by atoms with E-state index in [1.54, 1.807) is 0 Å². The molecule has 0 radical (unpaired) electrons. The minimum atomic E-state index is -0.626. The van der Waals surface area contributed by atoms with Crippen molar-refractivity contribution in [2.75, 3.05) is 20.1 Å². The Morgan fingerprint density at radius 1 is 0.870 bits per heavy atom. The van der Waals surface area contributed by atoms with Crippen molar-refractivity contribution >= 4 is 6.03 Å². The highest BCUT2D eigenvalue weighted by atomic mass is 16.7. The Morgan fingerprint density at radius 3 is 2.28 bits per heavy atom. The molecule has 1 heterocycles. The molecule has 1 fully saturated rings. The zero-order valence-corrected chi connectivity index (χ0v) is 26.8. The minimum absolute atomic E-state index is 0.00739. The molecule has 5 rings (SSSR count). The van der Waals surface area contributed by atoms with Crippen LogP contribution in [0.25, 0.3) is 11.1 Å². The third-order valence-corrected chi connectivity index (χ3v) is 8.63. The molecule has 1 aliphatic heterocycles. The first-order chi connectivity index (χ1) is 22.3. The monoisotopic (exact) mass is 623 g/mol. The Labute approximate surface area is 272 Å². The van der Waals surface area contributed by atoms with E-state index in [0.717, 1.165) is 38.9 Å². The maximum Gasteiger partial charge on any atom is 0.315 e. The van der Waals surface area contributed by atoms with Gasteiger partial charge in [-0.15, -0.1) is 0 Å². The molecule has 4 aromatic rings. The Bertz CT molecular complexity index is 1530. The van der Waals surface area contributed by atoms with Gasteiger partial charge in [-0.2, -0.15) is 0 Å². The number of rotatable bonds is 12. The summed E-state index contributed by atoms with van der Waals surface area (Å²) < 4.78 is 13.1. The van der Waals surface area contributed by atoms with Crippen molar-refractivity contribution in [2.24, 2.45) is 0 Å². The Kier molecular flexibility index (Phi) is 11.6. The standard InChI is InChI=1S/C38H45N3O5/c1-4-39-38(44)40-23-28-9-8-12-33(21-28)29-17-19-32(20-18-29)37-45-34(22-35(46-37)30-15-13-27(25-42)14-16-30)24-41(3)26(2)36(43)31-10-6-5-7-11-31/h5-21,26,34-37,42-43H,4,22-25H2,1-3H3,(H2,39,40,44)/t26-,34+,35-,36-,37-/m1/s1. The fourth-order valence-corrected chi connectivity index (χ4v) is 5.79. The molecule has 4 aromatic carbocycles. The molecule has 1 aliphatic rings. The number of nitrogens with one attached hydrogen (secondary N) is 2. The van der Waals surface area contributed by atoms with Crippen LogP contribution in [0.2, 0.25) is 0 Å². The SMILES string of the molecule is CCNC(=O)NCc1cccc(-c2ccc([C@@H]3O[C@H](CN(C)[C@H](C)[C@@H](O)c4ccccc4)C[C@H](c4ccc(CO)cc4)O3)cc2)c1. The minimum Gasteiger partial charge on any atom is -0.392 e. The number of carbonyl (C=O) groups excluding carboxylic acids is 1. The number of nitrogens with zero attached hydrogens (tertiary/aromatic N) is 1. The Balaban J connectivity index is 1.32. The van der Waals surface area contributed by atoms with E-state index in [9.17, 15) is 15.0 Å². The molecule has 0 unspecified atom stereocenters. The van der Waals surface area contributed by atoms with Crippen LogP contribution in [-0.2, 0) is 22.6 Å². The molecule has 242 valence electrons. The molecular weight excluding hydrogens is 578 g/mol. The normalized spacial score (nSPS) is 19.4. The fraction of sp³-hybridized carbons (Fsp3) is 0.342. The third-order valence-electron chi connectivity index (χ3n) is 8.63. The lowest BCUT2D eigenvalue weighted by molar-refractivity contribution is -0.253. The fourth-order valence-electron chi connectivity index (χ4n) is 5.79. The predicted molar refractivity (Wildman–Crippen MR) is 180 cm³/mol. The van der Waals surface area contributed by atoms with Gasteiger partial charge in [0.25, 0.3) is 0 Å². The molecular formula is C38H45N3O5. The Hall–Kier alpha value is -4.05. The van der Waals surface area contributed by atoms with Gasteiger partial charge in [-0.25, -0.2) is 4.79 Å². The zero-order valence-electron chi connectivity index (χ0n) is 26.8. The second kappa shape index (κ2) is 16.0. The molecule has 0 aromatic heterocycles. The van der Waals surface area contributed by atoms with Crippen molar-refractivity contribution < 1.29 is 24.5 Å². The average molecular weight is 624 g/mol. The van der Waals surface area contributed by atoms with Gasteiger partial charge in [0.2, 0.25) is 0 Å². The van der Waals surface area contributed by atoms with Crippen LogP contribution in [0.4, 0.5) is 4.79 Å². The summed E-state index contributed by atoms with van der Waals surface area (Å²) in [6.07, 6.45) is -0.897. The molecule has 8 nitrogen and oxygen atoms in total. The summed E-state index contributed by atoms with van der Waals surface area (Å²) in [7, 11) is 2.02. The average Bonchev–Trinajstić information content (AvgIpc) is 3.10. The van der Waals surface area contributed by atoms with E-state index >= 15 is 0 Å². The third kappa shape index (κ3) is 8.60. The van der Waals surface area contributed by atoms with Gasteiger partial charge in [0.05, 0.1) is 24.9 Å². The number of urea groups is 1. The van der Waals surface area contributed by atoms with E-state index in [1.165, 1.54) is 0 Å². The van der Waals surface area contributed by atoms with Gasteiger partial charge < -0.3 is 30.3 Å². The predicted octanol–water partition coefficient (Wildman–Crippen LogP) is 6.26. The first-order valence-corrected chi connectivity index (χ1v) is 16.0. The molecule has 0 spiro atoms. The maximum atomic E-state index is 11.8. The number of ether oxygens (including phenoxy) is 2. The maximum absolute atomic E-state index is 11.8. The lowest BCUT2D eigenvalue weighted by Crippen LogP contribution is -2.43. The largest absolute Gasteiger partial charge is 0.392 e. The number of likely N-dealkylation sites (N-methyl/N-ethyl adjacent to an activating group) is 1. The molecule has 0 bridgehead atoms. The number of benzene rings is 4. The number of amides is 2. The molecule has 1 saturated heterocycles. The lowest BCUT2D eigenvalue weighted by atomic mass is 9.98. The van der Waals surface area contributed by atoms with Gasteiger partial charge in [0.15, 0.2) is 6.29 Å². The second-order valence-corrected chi connectivity index (χ2v) is 11.9. The van der Waals surface area contributed by atoms with Crippen LogP contribution in [0.1, 0.15) is 66.6 Å². The quantitative estimate of drug-likeness (QED) is 0.149. The van der Waals surface area contributed by atoms with Gasteiger partial charge in [-0.05, 0) is 60.3 Å². The van der Waals surface area contributed by atoms with Crippen molar-refractivity contribution in [3.05, 3.63) is 131 Å². The summed E-state index contributed by atoms with van der Waals surface area (Å²) in [5.74, 6) is 0. The molecule has 4 N–H and O–H groups in total. The number of carbonyl (C=O) groups is 1. The van der Waals surface area contributed by atoms with Gasteiger partial charge in [0.1, 0.15) is 0 Å². The highest BCUT2D eigenvalue weighted by molar-refractivity contribution is 5.73. The number of hydrogen-bond donors (Lipinski definition) is 4. The number of hydrogen-bond acceptors (Lipinski definition) is 6. The van der Waals surface area contributed by atoms with Crippen LogP contribution >= 0.6 is 0 Å². The highest BCUT2D eigenvalue weighted by Gasteiger charge is 2.34. The zero-order chi connectivity index (χ0) is 32.5. The van der Waals surface area contributed by atoms with E-state index < -0.39 is 12.4 Å². The van der Waals surface area contributed by atoms with Crippen molar-refractivity contribution in [3.63, 3.8) is 0 Å². The van der Waals surface area contributed by atoms with Crippen molar-refractivity contribution in [1.82, 2.24) is 15.5 Å². The first kappa shape index (κ1) is 33.3. The topological polar surface area (TPSA) is 103 Å². The second-order valence-electron chi connectivity index (χ2n) is 11.9. The van der Waals surface area contributed by atoms with Crippen LogP contribution in [0.5, 0.6) is 0 Å².